The fraction of sp³-hybridized carbons (Fsp3) is 0.318. The normalized spacial score (nSPS) is 16.6. The Kier molecular flexibility index (Phi) is 7.15. The number of halogens is 2. The van der Waals surface area contributed by atoms with Crippen LogP contribution >= 0.6 is 34.5 Å². The highest BCUT2D eigenvalue weighted by Crippen LogP contribution is 2.28. The van der Waals surface area contributed by atoms with Crippen LogP contribution in [0, 0.1) is 0 Å². The molecule has 1 aliphatic heterocycles. The number of rotatable bonds is 7. The number of ether oxygens (including phenoxy) is 2. The number of thiophene rings is 1. The molecule has 1 aliphatic rings. The Hall–Kier alpha value is -2.39. The average molecular weight is 494 g/mol. The molecule has 0 saturated carbocycles. The Morgan fingerprint density at radius 2 is 2.03 bits per heavy atom. The van der Waals surface area contributed by atoms with Gasteiger partial charge in [0.05, 0.1) is 23.2 Å². The number of pyridine rings is 1. The molecular weight excluding hydrogens is 473 g/mol. The number of amides is 2. The number of hydrogen-bond donors (Lipinski definition) is 0. The van der Waals surface area contributed by atoms with E-state index in [2.05, 4.69) is 4.98 Å². The van der Waals surface area contributed by atoms with Crippen LogP contribution in [0.15, 0.2) is 42.6 Å². The number of carbonyl (C=O) groups excluding carboxylic acids is 2. The highest BCUT2D eigenvalue weighted by Gasteiger charge is 2.37. The third kappa shape index (κ3) is 5.15. The molecule has 1 fully saturated rings. The molecule has 7 nitrogen and oxygen atoms in total. The predicted molar refractivity (Wildman–Crippen MR) is 124 cm³/mol. The molecule has 10 heteroatoms. The maximum Gasteiger partial charge on any atom is 0.261 e. The first kappa shape index (κ1) is 22.8. The van der Waals surface area contributed by atoms with Crippen LogP contribution in [0.3, 0.4) is 0 Å². The standard InChI is InChI=1S/C22H21Cl2N3O4S/c1-30-12-18-22(29)26(11-17-9-14-2-3-16(23)8-15(14)10-25-17)6-7-27(18)20(28)13-31-21-5-4-19(24)32-21/h2-5,8-10,18H,6-7,11-13H2,1H3/t18-/m0/s1. The van der Waals surface area contributed by atoms with Crippen molar-refractivity contribution in [2.75, 3.05) is 33.4 Å². The highest BCUT2D eigenvalue weighted by molar-refractivity contribution is 7.17. The van der Waals surface area contributed by atoms with Gasteiger partial charge >= 0.3 is 0 Å². The van der Waals surface area contributed by atoms with E-state index >= 15 is 0 Å². The van der Waals surface area contributed by atoms with Gasteiger partial charge in [0.1, 0.15) is 6.04 Å². The molecule has 0 bridgehead atoms. The first-order chi connectivity index (χ1) is 15.4. The van der Waals surface area contributed by atoms with Gasteiger partial charge in [0.25, 0.3) is 5.91 Å². The minimum absolute atomic E-state index is 0.107. The van der Waals surface area contributed by atoms with E-state index in [1.807, 2.05) is 24.3 Å². The van der Waals surface area contributed by atoms with Gasteiger partial charge in [-0.1, -0.05) is 40.6 Å². The molecule has 1 saturated heterocycles. The van der Waals surface area contributed by atoms with Crippen molar-refractivity contribution in [3.05, 3.63) is 57.6 Å². The molecule has 1 atom stereocenters. The average Bonchev–Trinajstić information content (AvgIpc) is 3.20. The van der Waals surface area contributed by atoms with Gasteiger partial charge in [-0.05, 0) is 35.7 Å². The molecule has 3 heterocycles. The van der Waals surface area contributed by atoms with Gasteiger partial charge in [0.15, 0.2) is 11.7 Å². The van der Waals surface area contributed by atoms with Crippen molar-refractivity contribution < 1.29 is 19.1 Å². The Bertz CT molecular complexity index is 1140. The van der Waals surface area contributed by atoms with Crippen molar-refractivity contribution >= 4 is 57.1 Å². The number of piperazine rings is 1. The first-order valence-corrected chi connectivity index (χ1v) is 11.5. The Labute approximate surface area is 199 Å². The molecule has 2 aromatic heterocycles. The van der Waals surface area contributed by atoms with Crippen LogP contribution in [0.2, 0.25) is 9.36 Å². The lowest BCUT2D eigenvalue weighted by atomic mass is 10.1. The summed E-state index contributed by atoms with van der Waals surface area (Å²) < 4.78 is 11.4. The van der Waals surface area contributed by atoms with Gasteiger partial charge in [-0.2, -0.15) is 0 Å². The number of methoxy groups -OCH3 is 1. The largest absolute Gasteiger partial charge is 0.474 e. The summed E-state index contributed by atoms with van der Waals surface area (Å²) in [4.78, 5) is 33.6. The van der Waals surface area contributed by atoms with Gasteiger partial charge in [0.2, 0.25) is 5.91 Å². The molecule has 1 aromatic carbocycles. The third-order valence-corrected chi connectivity index (χ3v) is 6.59. The highest BCUT2D eigenvalue weighted by atomic mass is 35.5. The summed E-state index contributed by atoms with van der Waals surface area (Å²) in [7, 11) is 1.51. The minimum atomic E-state index is -0.712. The second kappa shape index (κ2) is 10.0. The van der Waals surface area contributed by atoms with Crippen molar-refractivity contribution in [1.29, 1.82) is 0 Å². The fourth-order valence-electron chi connectivity index (χ4n) is 3.64. The SMILES string of the molecule is COC[C@H]1C(=O)N(Cc2cc3ccc(Cl)cc3cn2)CCN1C(=O)COc1ccc(Cl)s1. The van der Waals surface area contributed by atoms with Gasteiger partial charge in [-0.25, -0.2) is 0 Å². The number of hydrogen-bond acceptors (Lipinski definition) is 6. The van der Waals surface area contributed by atoms with Gasteiger partial charge in [0, 0.05) is 36.8 Å². The molecule has 2 amide bonds. The fourth-order valence-corrected chi connectivity index (χ4v) is 4.70. The lowest BCUT2D eigenvalue weighted by molar-refractivity contribution is -0.155. The van der Waals surface area contributed by atoms with E-state index in [1.165, 1.54) is 23.3 Å². The van der Waals surface area contributed by atoms with E-state index in [1.54, 1.807) is 23.2 Å². The maximum atomic E-state index is 13.2. The smallest absolute Gasteiger partial charge is 0.261 e. The number of nitrogens with zero attached hydrogens (tertiary/aromatic N) is 3. The zero-order valence-electron chi connectivity index (χ0n) is 17.3. The molecule has 0 unspecified atom stereocenters. The molecule has 0 spiro atoms. The Morgan fingerprint density at radius 1 is 1.19 bits per heavy atom. The molecule has 4 rings (SSSR count). The number of fused-ring (bicyclic) bond motifs is 1. The Morgan fingerprint density at radius 3 is 2.78 bits per heavy atom. The second-order valence-electron chi connectivity index (χ2n) is 7.33. The van der Waals surface area contributed by atoms with E-state index in [4.69, 9.17) is 32.7 Å². The van der Waals surface area contributed by atoms with E-state index in [9.17, 15) is 9.59 Å². The van der Waals surface area contributed by atoms with Crippen molar-refractivity contribution in [2.45, 2.75) is 12.6 Å². The lowest BCUT2D eigenvalue weighted by Crippen LogP contribution is -2.60. The summed E-state index contributed by atoms with van der Waals surface area (Å²) in [6.45, 7) is 1.07. The molecule has 3 aromatic rings. The molecule has 0 N–H and O–H groups in total. The number of benzene rings is 1. The van der Waals surface area contributed by atoms with Crippen LogP contribution in [0.1, 0.15) is 5.69 Å². The van der Waals surface area contributed by atoms with Crippen molar-refractivity contribution in [3.63, 3.8) is 0 Å². The second-order valence-corrected chi connectivity index (χ2v) is 9.45. The van der Waals surface area contributed by atoms with Gasteiger partial charge < -0.3 is 19.3 Å². The van der Waals surface area contributed by atoms with E-state index in [-0.39, 0.29) is 25.0 Å². The van der Waals surface area contributed by atoms with Crippen LogP contribution in [-0.4, -0.2) is 66.1 Å². The lowest BCUT2D eigenvalue weighted by Gasteiger charge is -2.40. The molecular formula is C22H21Cl2N3O4S. The predicted octanol–water partition coefficient (Wildman–Crippen LogP) is 3.87. The topological polar surface area (TPSA) is 72.0 Å². The Balaban J connectivity index is 1.43. The van der Waals surface area contributed by atoms with E-state index in [0.29, 0.717) is 34.1 Å². The van der Waals surface area contributed by atoms with Crippen LogP contribution in [0.5, 0.6) is 5.06 Å². The van der Waals surface area contributed by atoms with E-state index < -0.39 is 6.04 Å². The molecule has 168 valence electrons. The molecule has 0 aliphatic carbocycles. The maximum absolute atomic E-state index is 13.2. The van der Waals surface area contributed by atoms with Crippen LogP contribution in [0.4, 0.5) is 0 Å². The number of carbonyl (C=O) groups is 2. The number of aromatic nitrogens is 1. The molecule has 32 heavy (non-hydrogen) atoms. The third-order valence-electron chi connectivity index (χ3n) is 5.21. The summed E-state index contributed by atoms with van der Waals surface area (Å²) in [5.41, 5.74) is 0.766. The van der Waals surface area contributed by atoms with Gasteiger partial charge in [-0.15, -0.1) is 0 Å². The zero-order chi connectivity index (χ0) is 22.7. The summed E-state index contributed by atoms with van der Waals surface area (Å²) in [5, 5.41) is 3.14. The summed E-state index contributed by atoms with van der Waals surface area (Å²) in [5.74, 6) is -0.450. The van der Waals surface area contributed by atoms with E-state index in [0.717, 1.165) is 16.5 Å². The van der Waals surface area contributed by atoms with Gasteiger partial charge in [-0.3, -0.25) is 14.6 Å². The van der Waals surface area contributed by atoms with Crippen molar-refractivity contribution in [2.24, 2.45) is 0 Å². The van der Waals surface area contributed by atoms with Crippen LogP contribution in [0.25, 0.3) is 10.8 Å². The minimum Gasteiger partial charge on any atom is -0.474 e. The molecule has 0 radical (unpaired) electrons. The first-order valence-electron chi connectivity index (χ1n) is 9.94. The quantitative estimate of drug-likeness (QED) is 0.499. The summed E-state index contributed by atoms with van der Waals surface area (Å²) in [6.07, 6.45) is 1.75. The summed E-state index contributed by atoms with van der Waals surface area (Å²) >= 11 is 13.2. The van der Waals surface area contributed by atoms with Crippen LogP contribution < -0.4 is 4.74 Å². The van der Waals surface area contributed by atoms with Crippen molar-refractivity contribution in [3.8, 4) is 5.06 Å². The monoisotopic (exact) mass is 493 g/mol. The van der Waals surface area contributed by atoms with Crippen molar-refractivity contribution in [1.82, 2.24) is 14.8 Å². The summed E-state index contributed by atoms with van der Waals surface area (Å²) in [6, 6.07) is 10.2. The zero-order valence-corrected chi connectivity index (χ0v) is 19.6. The van der Waals surface area contributed by atoms with Crippen LogP contribution in [-0.2, 0) is 20.9 Å².